The summed E-state index contributed by atoms with van der Waals surface area (Å²) >= 11 is 3.83. The van der Waals surface area contributed by atoms with E-state index in [1.54, 1.807) is 19.9 Å². The molecule has 2 N–H and O–H groups in total. The van der Waals surface area contributed by atoms with Crippen LogP contribution in [-0.2, 0) is 19.1 Å². The highest BCUT2D eigenvalue weighted by Gasteiger charge is 2.75. The molecule has 0 radical (unpaired) electrons. The number of hydrogen-bond acceptors (Lipinski definition) is 6. The summed E-state index contributed by atoms with van der Waals surface area (Å²) in [5.74, 6) is -2.62. The third-order valence-electron chi connectivity index (χ3n) is 9.04. The lowest BCUT2D eigenvalue weighted by Crippen LogP contribution is -2.70. The van der Waals surface area contributed by atoms with Gasteiger partial charge in [0.2, 0.25) is 5.78 Å². The molecule has 0 aromatic carbocycles. The third-order valence-corrected chi connectivity index (χ3v) is 11.0. The Bertz CT molecular complexity index is 947. The van der Waals surface area contributed by atoms with Crippen molar-refractivity contribution in [2.45, 2.75) is 69.2 Å². The summed E-state index contributed by atoms with van der Waals surface area (Å²) in [5, 5.41) is 23.3. The second kappa shape index (κ2) is 7.31. The van der Waals surface area contributed by atoms with Gasteiger partial charge in [0.1, 0.15) is 11.8 Å². The molecule has 0 aliphatic heterocycles. The number of ether oxygens (including phenoxy) is 1. The van der Waals surface area contributed by atoms with Gasteiger partial charge in [-0.05, 0) is 54.7 Å². The fourth-order valence-corrected chi connectivity index (χ4v) is 8.44. The molecule has 0 unspecified atom stereocenters. The average molecular weight is 513 g/mol. The second-order valence-corrected chi connectivity index (χ2v) is 11.8. The van der Waals surface area contributed by atoms with E-state index in [1.165, 1.54) is 19.1 Å². The van der Waals surface area contributed by atoms with E-state index in [9.17, 15) is 24.6 Å². The first kappa shape index (κ1) is 23.8. The Balaban J connectivity index is 1.79. The minimum Gasteiger partial charge on any atom is -0.458 e. The summed E-state index contributed by atoms with van der Waals surface area (Å²) in [5.41, 5.74) is -3.43. The topological polar surface area (TPSA) is 101 Å². The van der Waals surface area contributed by atoms with Crippen LogP contribution in [0, 0.1) is 28.6 Å². The predicted octanol–water partition coefficient (Wildman–Crippen LogP) is 2.84. The smallest absolute Gasteiger partial charge is 0.303 e. The van der Waals surface area contributed by atoms with Crippen molar-refractivity contribution in [3.8, 4) is 0 Å². The van der Waals surface area contributed by atoms with Crippen molar-refractivity contribution in [3.05, 3.63) is 23.8 Å². The number of allylic oxidation sites excluding steroid dienone is 4. The van der Waals surface area contributed by atoms with E-state index in [1.807, 2.05) is 6.92 Å². The van der Waals surface area contributed by atoms with Crippen LogP contribution in [0.15, 0.2) is 23.8 Å². The molecule has 0 aromatic heterocycles. The molecule has 3 saturated carbocycles. The van der Waals surface area contributed by atoms with Crippen molar-refractivity contribution in [3.63, 3.8) is 0 Å². The van der Waals surface area contributed by atoms with Gasteiger partial charge in [-0.25, -0.2) is 4.39 Å². The Morgan fingerprint density at radius 1 is 1.28 bits per heavy atom. The van der Waals surface area contributed by atoms with Gasteiger partial charge in [0.25, 0.3) is 0 Å². The van der Waals surface area contributed by atoms with Crippen LogP contribution in [-0.4, -0.2) is 56.6 Å². The van der Waals surface area contributed by atoms with Crippen molar-refractivity contribution in [2.24, 2.45) is 28.6 Å². The van der Waals surface area contributed by atoms with Gasteiger partial charge in [-0.3, -0.25) is 14.4 Å². The highest BCUT2D eigenvalue weighted by atomic mass is 79.9. The third kappa shape index (κ3) is 2.78. The first-order valence-corrected chi connectivity index (χ1v) is 11.9. The summed E-state index contributed by atoms with van der Waals surface area (Å²) in [6.07, 6.45) is 2.68. The second-order valence-electron chi connectivity index (χ2n) is 10.5. The quantitative estimate of drug-likeness (QED) is 0.445. The molecular formula is C24H30BrFO6. The number of rotatable bonds is 3. The highest BCUT2D eigenvalue weighted by Crippen LogP contribution is 2.72. The molecule has 0 amide bonds. The number of carbonyl (C=O) groups is 3. The van der Waals surface area contributed by atoms with E-state index in [2.05, 4.69) is 15.9 Å². The number of halogens is 2. The number of hydrogen-bond donors (Lipinski definition) is 2. The number of carbonyl (C=O) groups excluding carboxylic acids is 3. The number of aliphatic hydroxyl groups excluding tert-OH is 1. The summed E-state index contributed by atoms with van der Waals surface area (Å²) in [6, 6.07) is 0. The first-order chi connectivity index (χ1) is 14.7. The Hall–Kier alpha value is -1.38. The zero-order valence-corrected chi connectivity index (χ0v) is 20.3. The lowest BCUT2D eigenvalue weighted by Gasteiger charge is -2.64. The molecule has 4 aliphatic rings. The molecule has 0 heterocycles. The molecule has 0 spiro atoms. The van der Waals surface area contributed by atoms with Gasteiger partial charge in [0.15, 0.2) is 12.4 Å². The molecule has 0 bridgehead atoms. The Kier molecular flexibility index (Phi) is 5.43. The molecule has 6 nitrogen and oxygen atoms in total. The number of esters is 1. The zero-order valence-electron chi connectivity index (χ0n) is 18.7. The number of fused-ring (bicyclic) bond motifs is 5. The van der Waals surface area contributed by atoms with Crippen LogP contribution in [0.4, 0.5) is 4.39 Å². The van der Waals surface area contributed by atoms with Gasteiger partial charge in [0.05, 0.1) is 10.4 Å². The van der Waals surface area contributed by atoms with Gasteiger partial charge in [-0.2, -0.15) is 0 Å². The first-order valence-electron chi connectivity index (χ1n) is 11.1. The predicted molar refractivity (Wildman–Crippen MR) is 118 cm³/mol. The van der Waals surface area contributed by atoms with E-state index in [-0.39, 0.29) is 24.5 Å². The van der Waals surface area contributed by atoms with Gasteiger partial charge >= 0.3 is 5.97 Å². The van der Waals surface area contributed by atoms with Crippen molar-refractivity contribution >= 4 is 33.5 Å². The van der Waals surface area contributed by atoms with E-state index >= 15 is 4.39 Å². The van der Waals surface area contributed by atoms with Gasteiger partial charge in [-0.1, -0.05) is 42.8 Å². The summed E-state index contributed by atoms with van der Waals surface area (Å²) in [7, 11) is 0. The molecule has 3 fully saturated rings. The number of alkyl halides is 2. The summed E-state index contributed by atoms with van der Waals surface area (Å²) < 4.78 is 19.4. The fraction of sp³-hybridized carbons (Fsp3) is 0.708. The largest absolute Gasteiger partial charge is 0.458 e. The number of Topliss-reactive ketones (excluding diaryl/α,β-unsaturated/α-hetero) is 1. The minimum absolute atomic E-state index is 0.0754. The van der Waals surface area contributed by atoms with E-state index < -0.39 is 63.2 Å². The molecule has 0 aromatic rings. The van der Waals surface area contributed by atoms with Crippen LogP contribution < -0.4 is 0 Å². The van der Waals surface area contributed by atoms with Crippen LogP contribution in [0.2, 0.25) is 0 Å². The van der Waals surface area contributed by atoms with Crippen molar-refractivity contribution in [1.29, 1.82) is 0 Å². The molecule has 9 atom stereocenters. The van der Waals surface area contributed by atoms with Crippen LogP contribution in [0.3, 0.4) is 0 Å². The molecule has 176 valence electrons. The van der Waals surface area contributed by atoms with Crippen LogP contribution in [0.1, 0.15) is 47.0 Å². The van der Waals surface area contributed by atoms with Crippen molar-refractivity contribution in [2.75, 3.05) is 6.61 Å². The monoisotopic (exact) mass is 512 g/mol. The summed E-state index contributed by atoms with van der Waals surface area (Å²) in [4.78, 5) is 36.4. The standard InChI is InChI=1S/C24H30BrFO6/c1-12-7-15-16-9-18(26)17-8-14(28)5-6-21(17,3)23(16,25)19(29)10-22(15,4)24(12,31)20(30)11-32-13(2)27/h5-6,8,12,15-16,18-19,29,31H,7,9-11H2,1-4H3/t12-,15-,16+,18+,19-,21+,22+,23+,24+/m1/s1. The molecule has 4 aliphatic carbocycles. The normalized spacial score (nSPS) is 49.6. The van der Waals surface area contributed by atoms with Crippen molar-refractivity contribution < 1.29 is 33.7 Å². The minimum atomic E-state index is -1.82. The van der Waals surface area contributed by atoms with Gasteiger partial charge in [0, 0.05) is 17.8 Å². The van der Waals surface area contributed by atoms with Gasteiger partial charge in [-0.15, -0.1) is 0 Å². The van der Waals surface area contributed by atoms with E-state index in [4.69, 9.17) is 4.74 Å². The van der Waals surface area contributed by atoms with Crippen LogP contribution in [0.25, 0.3) is 0 Å². The molecule has 8 heteroatoms. The van der Waals surface area contributed by atoms with Gasteiger partial charge < -0.3 is 14.9 Å². The number of aliphatic hydroxyl groups is 2. The Labute approximate surface area is 195 Å². The maximum Gasteiger partial charge on any atom is 0.303 e. The molecule has 32 heavy (non-hydrogen) atoms. The van der Waals surface area contributed by atoms with Crippen LogP contribution in [0.5, 0.6) is 0 Å². The molecular weight excluding hydrogens is 483 g/mol. The summed E-state index contributed by atoms with van der Waals surface area (Å²) in [6.45, 7) is 6.04. The van der Waals surface area contributed by atoms with E-state index in [0.717, 1.165) is 0 Å². The Morgan fingerprint density at radius 2 is 1.94 bits per heavy atom. The highest BCUT2D eigenvalue weighted by molar-refractivity contribution is 9.10. The Morgan fingerprint density at radius 3 is 2.56 bits per heavy atom. The maximum absolute atomic E-state index is 15.5. The van der Waals surface area contributed by atoms with Crippen molar-refractivity contribution in [1.82, 2.24) is 0 Å². The molecule has 4 rings (SSSR count). The van der Waals surface area contributed by atoms with Crippen LogP contribution >= 0.6 is 15.9 Å². The number of ketones is 2. The molecule has 0 saturated heterocycles. The lowest BCUT2D eigenvalue weighted by molar-refractivity contribution is -0.182. The average Bonchev–Trinajstić information content (AvgIpc) is 2.91. The lowest BCUT2D eigenvalue weighted by atomic mass is 9.45. The zero-order chi connectivity index (χ0) is 23.9. The SMILES string of the molecule is CC(=O)OCC(=O)[C@@]1(O)[C@H](C)C[C@@H]2[C@@H]3C[C@H](F)C4=CC(=O)C=C[C@]4(C)[C@@]3(Br)[C@H](O)C[C@@]21C. The van der Waals surface area contributed by atoms with E-state index in [0.29, 0.717) is 12.0 Å². The maximum atomic E-state index is 15.5. The fourth-order valence-electron chi connectivity index (χ4n) is 7.41.